The van der Waals surface area contributed by atoms with Gasteiger partial charge in [0.05, 0.1) is 23.3 Å². The molecule has 0 bridgehead atoms. The summed E-state index contributed by atoms with van der Waals surface area (Å²) in [7, 11) is 0. The van der Waals surface area contributed by atoms with E-state index in [0.717, 1.165) is 16.8 Å². The first-order chi connectivity index (χ1) is 15.2. The van der Waals surface area contributed by atoms with Crippen molar-refractivity contribution in [3.63, 3.8) is 0 Å². The van der Waals surface area contributed by atoms with Gasteiger partial charge in [0.15, 0.2) is 0 Å². The highest BCUT2D eigenvalue weighted by molar-refractivity contribution is 5.85. The summed E-state index contributed by atoms with van der Waals surface area (Å²) in [6.45, 7) is 2.26. The first kappa shape index (κ1) is 18.7. The van der Waals surface area contributed by atoms with E-state index in [1.54, 1.807) is 12.1 Å². The highest BCUT2D eigenvalue weighted by atomic mass is 15.2. The molecular formula is C28H19N3. The molecule has 0 aliphatic carbocycles. The smallest absolute Gasteiger partial charge is 0.0998 e. The van der Waals surface area contributed by atoms with Gasteiger partial charge in [-0.25, -0.2) is 0 Å². The van der Waals surface area contributed by atoms with E-state index in [4.69, 9.17) is 5.26 Å². The van der Waals surface area contributed by atoms with Crippen molar-refractivity contribution in [2.75, 3.05) is 4.90 Å². The van der Waals surface area contributed by atoms with Crippen molar-refractivity contribution in [1.82, 2.24) is 0 Å². The van der Waals surface area contributed by atoms with Gasteiger partial charge < -0.3 is 4.90 Å². The molecule has 31 heavy (non-hydrogen) atoms. The molecule has 0 unspecified atom stereocenters. The molecule has 0 N–H and O–H groups in total. The molecule has 0 aromatic heterocycles. The van der Waals surface area contributed by atoms with Crippen LogP contribution < -0.4 is 4.90 Å². The molecule has 1 aliphatic rings. The second kappa shape index (κ2) is 7.48. The highest BCUT2D eigenvalue weighted by Gasteiger charge is 2.28. The molecule has 1 aliphatic heterocycles. The summed E-state index contributed by atoms with van der Waals surface area (Å²) >= 11 is 0. The average Bonchev–Trinajstić information content (AvgIpc) is 2.84. The molecule has 0 saturated heterocycles. The third-order valence-corrected chi connectivity index (χ3v) is 5.99. The Bertz CT molecular complexity index is 1320. The Morgan fingerprint density at radius 1 is 0.710 bits per heavy atom. The molecule has 0 saturated carbocycles. The van der Waals surface area contributed by atoms with Crippen LogP contribution in [0.1, 0.15) is 35.1 Å². The van der Waals surface area contributed by atoms with Crippen LogP contribution in [0.3, 0.4) is 0 Å². The van der Waals surface area contributed by atoms with E-state index >= 15 is 0 Å². The molecule has 0 spiro atoms. The van der Waals surface area contributed by atoms with Gasteiger partial charge in [0, 0.05) is 23.0 Å². The summed E-state index contributed by atoms with van der Waals surface area (Å²) in [6.07, 6.45) is 0. The predicted octanol–water partition coefficient (Wildman–Crippen LogP) is 7.03. The molecule has 4 aromatic rings. The maximum atomic E-state index is 9.53. The summed E-state index contributed by atoms with van der Waals surface area (Å²) in [5, 5.41) is 18.6. The largest absolute Gasteiger partial charge is 0.310 e. The molecular weight excluding hydrogens is 378 g/mol. The minimum atomic E-state index is 0.333. The molecule has 0 radical (unpaired) electrons. The van der Waals surface area contributed by atoms with E-state index in [-0.39, 0.29) is 0 Å². The molecule has 0 atom stereocenters. The number of rotatable bonds is 2. The summed E-state index contributed by atoms with van der Waals surface area (Å²) < 4.78 is 0. The van der Waals surface area contributed by atoms with Crippen LogP contribution in [0, 0.1) is 22.7 Å². The lowest BCUT2D eigenvalue weighted by Crippen LogP contribution is -2.20. The van der Waals surface area contributed by atoms with Crippen LogP contribution in [0.4, 0.5) is 17.1 Å². The highest BCUT2D eigenvalue weighted by Crippen LogP contribution is 2.48. The Hall–Kier alpha value is -4.34. The maximum absolute atomic E-state index is 9.53. The fraction of sp³-hybridized carbons (Fsp3) is 0.0714. The molecule has 3 nitrogen and oxygen atoms in total. The number of benzene rings is 4. The van der Waals surface area contributed by atoms with E-state index in [9.17, 15) is 5.26 Å². The van der Waals surface area contributed by atoms with Crippen LogP contribution in [-0.2, 0) is 0 Å². The van der Waals surface area contributed by atoms with E-state index in [2.05, 4.69) is 84.6 Å². The second-order valence-corrected chi connectivity index (χ2v) is 7.71. The number of nitriles is 2. The Kier molecular flexibility index (Phi) is 4.51. The van der Waals surface area contributed by atoms with Crippen molar-refractivity contribution >= 4 is 17.1 Å². The lowest BCUT2D eigenvalue weighted by atomic mass is 9.86. The van der Waals surface area contributed by atoms with Gasteiger partial charge in [-0.15, -0.1) is 0 Å². The Balaban J connectivity index is 1.61. The van der Waals surface area contributed by atoms with Crippen LogP contribution in [0.2, 0.25) is 0 Å². The van der Waals surface area contributed by atoms with Crippen LogP contribution >= 0.6 is 0 Å². The average molecular weight is 397 g/mol. The van der Waals surface area contributed by atoms with Gasteiger partial charge in [0.1, 0.15) is 0 Å². The monoisotopic (exact) mass is 397 g/mol. The van der Waals surface area contributed by atoms with Crippen molar-refractivity contribution in [3.8, 4) is 23.3 Å². The molecule has 0 amide bonds. The summed E-state index contributed by atoms with van der Waals surface area (Å²) in [6, 6.07) is 34.9. The minimum Gasteiger partial charge on any atom is -0.310 e. The van der Waals surface area contributed by atoms with Gasteiger partial charge in [-0.05, 0) is 58.7 Å². The van der Waals surface area contributed by atoms with Gasteiger partial charge in [-0.3, -0.25) is 0 Å². The van der Waals surface area contributed by atoms with Crippen LogP contribution in [0.25, 0.3) is 11.1 Å². The van der Waals surface area contributed by atoms with Gasteiger partial charge >= 0.3 is 0 Å². The first-order valence-corrected chi connectivity index (χ1v) is 10.2. The zero-order chi connectivity index (χ0) is 21.4. The minimum absolute atomic E-state index is 0.333. The summed E-state index contributed by atoms with van der Waals surface area (Å²) in [4.78, 5) is 2.30. The third-order valence-electron chi connectivity index (χ3n) is 5.99. The van der Waals surface area contributed by atoms with Crippen molar-refractivity contribution in [1.29, 1.82) is 10.5 Å². The quantitative estimate of drug-likeness (QED) is 0.365. The molecule has 1 heterocycles. The zero-order valence-electron chi connectivity index (χ0n) is 17.1. The maximum Gasteiger partial charge on any atom is 0.0998 e. The topological polar surface area (TPSA) is 50.8 Å². The fourth-order valence-corrected chi connectivity index (χ4v) is 4.44. The van der Waals surface area contributed by atoms with Crippen LogP contribution in [0.5, 0.6) is 0 Å². The molecule has 5 rings (SSSR count). The van der Waals surface area contributed by atoms with Crippen molar-refractivity contribution in [3.05, 3.63) is 113 Å². The molecule has 3 heteroatoms. The Labute approximate surface area is 182 Å². The van der Waals surface area contributed by atoms with Gasteiger partial charge in [-0.2, -0.15) is 10.5 Å². The van der Waals surface area contributed by atoms with E-state index in [1.807, 2.05) is 18.2 Å². The van der Waals surface area contributed by atoms with E-state index in [1.165, 1.54) is 22.5 Å². The first-order valence-electron chi connectivity index (χ1n) is 10.2. The van der Waals surface area contributed by atoms with Crippen molar-refractivity contribution in [2.45, 2.75) is 12.8 Å². The number of anilines is 3. The number of hydrogen-bond acceptors (Lipinski definition) is 3. The lowest BCUT2D eigenvalue weighted by Gasteiger charge is -2.36. The number of fused-ring (bicyclic) bond motifs is 2. The SMILES string of the molecule is CC1c2ccccc2N(c2ccc(-c3ccc(C#N)cc3C#N)cc2)c2ccccc21. The second-order valence-electron chi connectivity index (χ2n) is 7.71. The number of para-hydroxylation sites is 2. The Morgan fingerprint density at radius 2 is 1.32 bits per heavy atom. The van der Waals surface area contributed by atoms with Crippen LogP contribution in [0.15, 0.2) is 91.0 Å². The normalized spacial score (nSPS) is 12.4. The van der Waals surface area contributed by atoms with Crippen molar-refractivity contribution < 1.29 is 0 Å². The number of hydrogen-bond donors (Lipinski definition) is 0. The molecule has 0 fully saturated rings. The summed E-state index contributed by atoms with van der Waals surface area (Å²) in [5.41, 5.74) is 8.87. The van der Waals surface area contributed by atoms with Crippen molar-refractivity contribution in [2.24, 2.45) is 0 Å². The van der Waals surface area contributed by atoms with E-state index in [0.29, 0.717) is 17.0 Å². The summed E-state index contributed by atoms with van der Waals surface area (Å²) in [5.74, 6) is 0.333. The molecule has 146 valence electrons. The fourth-order valence-electron chi connectivity index (χ4n) is 4.44. The standard InChI is InChI=1S/C28H19N3/c1-19-24-6-2-4-8-27(24)31(28-9-5-3-7-25(19)28)23-13-11-21(12-14-23)26-15-10-20(17-29)16-22(26)18-30/h2-16,19H,1H3. The van der Waals surface area contributed by atoms with Gasteiger partial charge in [-0.1, -0.05) is 61.5 Å². The Morgan fingerprint density at radius 3 is 1.90 bits per heavy atom. The third kappa shape index (κ3) is 3.05. The van der Waals surface area contributed by atoms with Crippen LogP contribution in [-0.4, -0.2) is 0 Å². The van der Waals surface area contributed by atoms with Gasteiger partial charge in [0.25, 0.3) is 0 Å². The van der Waals surface area contributed by atoms with Gasteiger partial charge in [0.2, 0.25) is 0 Å². The predicted molar refractivity (Wildman–Crippen MR) is 124 cm³/mol. The zero-order valence-corrected chi connectivity index (χ0v) is 17.1. The number of nitrogens with zero attached hydrogens (tertiary/aromatic N) is 3. The molecule has 4 aromatic carbocycles. The lowest BCUT2D eigenvalue weighted by molar-refractivity contribution is 0.892. The van der Waals surface area contributed by atoms with E-state index < -0.39 is 0 Å².